The number of carbonyl (C=O) groups excluding carboxylic acids is 1. The summed E-state index contributed by atoms with van der Waals surface area (Å²) in [4.78, 5) is 32.9. The van der Waals surface area contributed by atoms with Crippen molar-refractivity contribution in [2.24, 2.45) is 11.8 Å². The summed E-state index contributed by atoms with van der Waals surface area (Å²) < 4.78 is 0. The molecule has 132 valence electrons. The van der Waals surface area contributed by atoms with E-state index in [1.165, 1.54) is 15.3 Å². The fourth-order valence-corrected chi connectivity index (χ4v) is 5.62. The van der Waals surface area contributed by atoms with E-state index in [0.29, 0.717) is 25.8 Å². The third kappa shape index (κ3) is 3.22. The average molecular weight is 377 g/mol. The van der Waals surface area contributed by atoms with Gasteiger partial charge in [-0.15, -0.1) is 22.7 Å². The lowest BCUT2D eigenvalue weighted by Gasteiger charge is -2.29. The highest BCUT2D eigenvalue weighted by Crippen LogP contribution is 2.37. The Balaban J connectivity index is 1.47. The summed E-state index contributed by atoms with van der Waals surface area (Å²) in [6, 6.07) is 2.17. The Bertz CT molecular complexity index is 826. The number of thiazole rings is 1. The Hall–Kier alpha value is -1.73. The van der Waals surface area contributed by atoms with Crippen LogP contribution in [0.1, 0.15) is 34.7 Å². The van der Waals surface area contributed by atoms with Crippen LogP contribution in [0.4, 0.5) is 0 Å². The average Bonchev–Trinajstić information content (AvgIpc) is 3.31. The minimum absolute atomic E-state index is 0.123. The van der Waals surface area contributed by atoms with Crippen LogP contribution in [0.2, 0.25) is 0 Å². The molecule has 2 aliphatic rings. The highest BCUT2D eigenvalue weighted by Gasteiger charge is 2.36. The number of hydrogen-bond donors (Lipinski definition) is 1. The molecule has 2 atom stereocenters. The molecule has 0 radical (unpaired) electrons. The van der Waals surface area contributed by atoms with E-state index in [2.05, 4.69) is 16.4 Å². The summed E-state index contributed by atoms with van der Waals surface area (Å²) in [5, 5.41) is 12.3. The van der Waals surface area contributed by atoms with Crippen molar-refractivity contribution in [1.29, 1.82) is 0 Å². The van der Waals surface area contributed by atoms with Gasteiger partial charge in [-0.2, -0.15) is 0 Å². The van der Waals surface area contributed by atoms with Crippen LogP contribution in [0.15, 0.2) is 11.4 Å². The predicted octanol–water partition coefficient (Wildman–Crippen LogP) is 3.57. The number of thiophene rings is 1. The van der Waals surface area contributed by atoms with Gasteiger partial charge in [-0.1, -0.05) is 0 Å². The number of rotatable bonds is 3. The molecule has 0 spiro atoms. The highest BCUT2D eigenvalue weighted by molar-refractivity contribution is 7.16. The second kappa shape index (κ2) is 6.53. The van der Waals surface area contributed by atoms with E-state index in [4.69, 9.17) is 5.11 Å². The van der Waals surface area contributed by atoms with Gasteiger partial charge in [0.25, 0.3) is 0 Å². The van der Waals surface area contributed by atoms with Crippen LogP contribution in [0.3, 0.4) is 0 Å². The SMILES string of the molecule is Cc1nc(-c2cc3c(s2)CCN(C(=O)[C@@H]2CC[C@H](C(=O)O)C2)C3)cs1. The van der Waals surface area contributed by atoms with Crippen molar-refractivity contribution in [3.8, 4) is 10.6 Å². The summed E-state index contributed by atoms with van der Waals surface area (Å²) in [5.41, 5.74) is 2.25. The molecule has 0 saturated heterocycles. The van der Waals surface area contributed by atoms with Crippen LogP contribution in [-0.2, 0) is 22.6 Å². The van der Waals surface area contributed by atoms with Gasteiger partial charge in [0.1, 0.15) is 0 Å². The zero-order chi connectivity index (χ0) is 17.6. The van der Waals surface area contributed by atoms with Crippen molar-refractivity contribution in [1.82, 2.24) is 9.88 Å². The minimum Gasteiger partial charge on any atom is -0.481 e. The van der Waals surface area contributed by atoms with Gasteiger partial charge in [-0.25, -0.2) is 4.98 Å². The first kappa shape index (κ1) is 16.7. The number of aromatic nitrogens is 1. The first-order valence-corrected chi connectivity index (χ1v) is 10.3. The van der Waals surface area contributed by atoms with Gasteiger partial charge < -0.3 is 10.0 Å². The van der Waals surface area contributed by atoms with Crippen LogP contribution in [0.5, 0.6) is 0 Å². The number of carboxylic acid groups (broad SMARTS) is 1. The largest absolute Gasteiger partial charge is 0.481 e. The Morgan fingerprint density at radius 3 is 2.80 bits per heavy atom. The Morgan fingerprint density at radius 1 is 1.32 bits per heavy atom. The maximum Gasteiger partial charge on any atom is 0.306 e. The zero-order valence-corrected chi connectivity index (χ0v) is 15.7. The molecule has 0 aromatic carbocycles. The zero-order valence-electron chi connectivity index (χ0n) is 14.0. The smallest absolute Gasteiger partial charge is 0.306 e. The van der Waals surface area contributed by atoms with Crippen molar-refractivity contribution in [3.63, 3.8) is 0 Å². The second-order valence-corrected chi connectivity index (χ2v) is 9.06. The molecule has 7 heteroatoms. The first-order valence-electron chi connectivity index (χ1n) is 8.57. The quantitative estimate of drug-likeness (QED) is 0.889. The number of nitrogens with zero attached hydrogens (tertiary/aromatic N) is 2. The summed E-state index contributed by atoms with van der Waals surface area (Å²) in [5.74, 6) is -1.11. The van der Waals surface area contributed by atoms with Crippen LogP contribution < -0.4 is 0 Å². The highest BCUT2D eigenvalue weighted by atomic mass is 32.1. The van der Waals surface area contributed by atoms with Gasteiger partial charge >= 0.3 is 5.97 Å². The Kier molecular flexibility index (Phi) is 4.37. The Labute approximate surface area is 154 Å². The monoisotopic (exact) mass is 376 g/mol. The maximum absolute atomic E-state index is 12.8. The van der Waals surface area contributed by atoms with Crippen molar-refractivity contribution in [2.75, 3.05) is 6.54 Å². The van der Waals surface area contributed by atoms with E-state index in [1.54, 1.807) is 22.7 Å². The number of fused-ring (bicyclic) bond motifs is 1. The van der Waals surface area contributed by atoms with Gasteiger partial charge in [-0.05, 0) is 44.2 Å². The van der Waals surface area contributed by atoms with Crippen LogP contribution in [-0.4, -0.2) is 33.4 Å². The van der Waals surface area contributed by atoms with E-state index >= 15 is 0 Å². The number of amides is 1. The van der Waals surface area contributed by atoms with E-state index in [-0.39, 0.29) is 17.7 Å². The fraction of sp³-hybridized carbons (Fsp3) is 0.500. The number of hydrogen-bond acceptors (Lipinski definition) is 5. The molecule has 1 N–H and O–H groups in total. The molecule has 1 aliphatic carbocycles. The normalized spacial score (nSPS) is 22.8. The third-order valence-electron chi connectivity index (χ3n) is 5.18. The second-order valence-electron chi connectivity index (χ2n) is 6.87. The Morgan fingerprint density at radius 2 is 2.12 bits per heavy atom. The van der Waals surface area contributed by atoms with E-state index < -0.39 is 5.97 Å². The molecule has 2 aromatic rings. The van der Waals surface area contributed by atoms with Gasteiger partial charge in [0.05, 0.1) is 21.5 Å². The molecule has 1 aliphatic heterocycles. The van der Waals surface area contributed by atoms with Crippen molar-refractivity contribution in [3.05, 3.63) is 26.9 Å². The molecule has 5 nitrogen and oxygen atoms in total. The van der Waals surface area contributed by atoms with Crippen LogP contribution in [0, 0.1) is 18.8 Å². The van der Waals surface area contributed by atoms with E-state index in [0.717, 1.165) is 23.7 Å². The molecule has 25 heavy (non-hydrogen) atoms. The topological polar surface area (TPSA) is 70.5 Å². The van der Waals surface area contributed by atoms with E-state index in [9.17, 15) is 9.59 Å². The van der Waals surface area contributed by atoms with Crippen molar-refractivity contribution >= 4 is 34.6 Å². The molecule has 0 unspecified atom stereocenters. The predicted molar refractivity (Wildman–Crippen MR) is 97.8 cm³/mol. The lowest BCUT2D eigenvalue weighted by molar-refractivity contribution is -0.141. The van der Waals surface area contributed by atoms with Crippen LogP contribution in [0.25, 0.3) is 10.6 Å². The first-order chi connectivity index (χ1) is 12.0. The lowest BCUT2D eigenvalue weighted by atomic mass is 10.0. The lowest BCUT2D eigenvalue weighted by Crippen LogP contribution is -2.38. The minimum atomic E-state index is -0.766. The standard InChI is InChI=1S/C18H20N2O3S2/c1-10-19-14(9-24-10)16-7-13-8-20(5-4-15(13)25-16)17(21)11-2-3-12(6-11)18(22)23/h7,9,11-12H,2-6,8H2,1H3,(H,22,23)/t11-,12+/m1/s1. The molecule has 1 fully saturated rings. The molecular formula is C18H20N2O3S2. The molecule has 4 rings (SSSR count). The van der Waals surface area contributed by atoms with Crippen LogP contribution >= 0.6 is 22.7 Å². The fourth-order valence-electron chi connectivity index (χ4n) is 3.81. The third-order valence-corrected chi connectivity index (χ3v) is 7.21. The summed E-state index contributed by atoms with van der Waals surface area (Å²) in [6.07, 6.45) is 2.69. The van der Waals surface area contributed by atoms with Gasteiger partial charge in [0.2, 0.25) is 5.91 Å². The molecule has 3 heterocycles. The molecule has 1 amide bonds. The maximum atomic E-state index is 12.8. The number of aryl methyl sites for hydroxylation is 1. The van der Waals surface area contributed by atoms with Crippen molar-refractivity contribution in [2.45, 2.75) is 39.2 Å². The number of carboxylic acids is 1. The molecular weight excluding hydrogens is 356 g/mol. The summed E-state index contributed by atoms with van der Waals surface area (Å²) >= 11 is 3.43. The molecule has 2 aromatic heterocycles. The molecule has 0 bridgehead atoms. The van der Waals surface area contributed by atoms with Gasteiger partial charge in [0.15, 0.2) is 0 Å². The number of aliphatic carboxylic acids is 1. The number of carbonyl (C=O) groups is 2. The summed E-state index contributed by atoms with van der Waals surface area (Å²) in [6.45, 7) is 3.38. The van der Waals surface area contributed by atoms with Gasteiger partial charge in [-0.3, -0.25) is 9.59 Å². The van der Waals surface area contributed by atoms with Gasteiger partial charge in [0, 0.05) is 29.3 Å². The van der Waals surface area contributed by atoms with E-state index in [1.807, 2.05) is 11.8 Å². The van der Waals surface area contributed by atoms with Crippen molar-refractivity contribution < 1.29 is 14.7 Å². The molecule has 1 saturated carbocycles. The summed E-state index contributed by atoms with van der Waals surface area (Å²) in [7, 11) is 0.